The average Bonchev–Trinajstić information content (AvgIpc) is 2.63. The molecule has 1 saturated heterocycles. The van der Waals surface area contributed by atoms with Gasteiger partial charge < -0.3 is 10.1 Å². The average molecular weight is 356 g/mol. The molecule has 3 aliphatic rings. The number of para-hydroxylation sites is 1. The SMILES string of the molecule is Cl.c1ccc(Oc2ccc3c(c2)[C@@]24CCCC[C@H]2[C@@H](C3)NCC4)cc1. The molecule has 0 aromatic heterocycles. The fourth-order valence-corrected chi connectivity index (χ4v) is 5.59. The zero-order valence-corrected chi connectivity index (χ0v) is 15.4. The van der Waals surface area contributed by atoms with Gasteiger partial charge in [0.05, 0.1) is 0 Å². The highest BCUT2D eigenvalue weighted by molar-refractivity contribution is 5.85. The van der Waals surface area contributed by atoms with Crippen LogP contribution in [-0.4, -0.2) is 12.6 Å². The zero-order valence-electron chi connectivity index (χ0n) is 14.5. The van der Waals surface area contributed by atoms with Crippen LogP contribution in [0.1, 0.15) is 43.2 Å². The molecule has 1 aliphatic heterocycles. The van der Waals surface area contributed by atoms with Crippen molar-refractivity contribution in [3.63, 3.8) is 0 Å². The number of ether oxygens (including phenoxy) is 1. The van der Waals surface area contributed by atoms with E-state index in [9.17, 15) is 0 Å². The molecule has 1 heterocycles. The lowest BCUT2D eigenvalue weighted by atomic mass is 9.53. The first-order valence-electron chi connectivity index (χ1n) is 9.45. The molecule has 2 fully saturated rings. The van der Waals surface area contributed by atoms with Crippen LogP contribution in [0.3, 0.4) is 0 Å². The normalized spacial score (nSPS) is 29.8. The third-order valence-electron chi connectivity index (χ3n) is 6.60. The Hall–Kier alpha value is -1.51. The quantitative estimate of drug-likeness (QED) is 0.794. The molecule has 0 radical (unpaired) electrons. The Balaban J connectivity index is 0.00000157. The van der Waals surface area contributed by atoms with Crippen molar-refractivity contribution in [3.8, 4) is 11.5 Å². The van der Waals surface area contributed by atoms with Crippen molar-refractivity contribution in [2.24, 2.45) is 5.92 Å². The van der Waals surface area contributed by atoms with E-state index in [1.54, 1.807) is 11.1 Å². The second kappa shape index (κ2) is 6.66. The topological polar surface area (TPSA) is 21.3 Å². The Morgan fingerprint density at radius 2 is 1.84 bits per heavy atom. The molecule has 2 aromatic rings. The third-order valence-corrected chi connectivity index (χ3v) is 6.60. The fraction of sp³-hybridized carbons (Fsp3) is 0.455. The first-order valence-corrected chi connectivity index (χ1v) is 9.45. The summed E-state index contributed by atoms with van der Waals surface area (Å²) in [6, 6.07) is 17.7. The minimum Gasteiger partial charge on any atom is -0.457 e. The van der Waals surface area contributed by atoms with Crippen LogP contribution in [0.5, 0.6) is 11.5 Å². The third kappa shape index (κ3) is 2.76. The Labute approximate surface area is 156 Å². The summed E-state index contributed by atoms with van der Waals surface area (Å²) in [5, 5.41) is 3.81. The number of hydrogen-bond acceptors (Lipinski definition) is 2. The van der Waals surface area contributed by atoms with E-state index in [0.717, 1.165) is 17.4 Å². The minimum absolute atomic E-state index is 0. The van der Waals surface area contributed by atoms with Gasteiger partial charge in [-0.2, -0.15) is 0 Å². The van der Waals surface area contributed by atoms with Crippen molar-refractivity contribution >= 4 is 12.4 Å². The van der Waals surface area contributed by atoms with Gasteiger partial charge in [0.1, 0.15) is 11.5 Å². The van der Waals surface area contributed by atoms with Gasteiger partial charge in [-0.25, -0.2) is 0 Å². The molecular formula is C22H26ClNO. The number of hydrogen-bond donors (Lipinski definition) is 1. The number of piperidine rings is 1. The van der Waals surface area contributed by atoms with Crippen LogP contribution in [0.4, 0.5) is 0 Å². The molecule has 2 aromatic carbocycles. The zero-order chi connectivity index (χ0) is 16.0. The largest absolute Gasteiger partial charge is 0.457 e. The first kappa shape index (κ1) is 16.9. The molecule has 25 heavy (non-hydrogen) atoms. The predicted molar refractivity (Wildman–Crippen MR) is 104 cm³/mol. The molecule has 5 rings (SSSR count). The molecule has 132 valence electrons. The molecular weight excluding hydrogens is 330 g/mol. The van der Waals surface area contributed by atoms with E-state index < -0.39 is 0 Å². The first-order chi connectivity index (χ1) is 11.9. The molecule has 1 N–H and O–H groups in total. The van der Waals surface area contributed by atoms with Gasteiger partial charge in [0.15, 0.2) is 0 Å². The van der Waals surface area contributed by atoms with Crippen molar-refractivity contribution in [2.75, 3.05) is 6.54 Å². The number of halogens is 1. The molecule has 2 aliphatic carbocycles. The standard InChI is InChI=1S/C22H25NO.ClH/c1-2-6-17(7-3-1)24-18-10-9-16-14-21-19-8-4-5-11-22(19,12-13-23-21)20(16)15-18;/h1-3,6-7,9-10,15,19,21,23H,4-5,8,11-14H2;1H/t19-,21+,22+;/m0./s1. The number of nitrogens with one attached hydrogen (secondary N) is 1. The number of fused-ring (bicyclic) bond motifs is 1. The summed E-state index contributed by atoms with van der Waals surface area (Å²) in [5.74, 6) is 2.74. The smallest absolute Gasteiger partial charge is 0.127 e. The van der Waals surface area contributed by atoms with E-state index in [1.165, 1.54) is 45.1 Å². The monoisotopic (exact) mass is 355 g/mol. The van der Waals surface area contributed by atoms with E-state index in [-0.39, 0.29) is 12.4 Å². The maximum Gasteiger partial charge on any atom is 0.127 e. The summed E-state index contributed by atoms with van der Waals surface area (Å²) in [6.45, 7) is 1.17. The van der Waals surface area contributed by atoms with Gasteiger partial charge in [-0.1, -0.05) is 37.1 Å². The summed E-state index contributed by atoms with van der Waals surface area (Å²) in [6.07, 6.45) is 8.01. The molecule has 2 nitrogen and oxygen atoms in total. The summed E-state index contributed by atoms with van der Waals surface area (Å²) in [7, 11) is 0. The molecule has 1 saturated carbocycles. The van der Waals surface area contributed by atoms with E-state index in [2.05, 4.69) is 23.5 Å². The van der Waals surface area contributed by atoms with Crippen LogP contribution in [0.2, 0.25) is 0 Å². The van der Waals surface area contributed by atoms with Crippen LogP contribution < -0.4 is 10.1 Å². The molecule has 3 atom stereocenters. The van der Waals surface area contributed by atoms with E-state index >= 15 is 0 Å². The second-order valence-corrected chi connectivity index (χ2v) is 7.76. The van der Waals surface area contributed by atoms with Crippen LogP contribution >= 0.6 is 12.4 Å². The van der Waals surface area contributed by atoms with Crippen LogP contribution in [0.25, 0.3) is 0 Å². The van der Waals surface area contributed by atoms with Crippen molar-refractivity contribution in [1.82, 2.24) is 5.32 Å². The van der Waals surface area contributed by atoms with Gasteiger partial charge in [0, 0.05) is 11.5 Å². The fourth-order valence-electron chi connectivity index (χ4n) is 5.59. The van der Waals surface area contributed by atoms with E-state index in [4.69, 9.17) is 4.74 Å². The van der Waals surface area contributed by atoms with Gasteiger partial charge in [-0.05, 0) is 73.5 Å². The lowest BCUT2D eigenvalue weighted by Crippen LogP contribution is -2.59. The molecule has 0 unspecified atom stereocenters. The molecule has 3 heteroatoms. The van der Waals surface area contributed by atoms with Crippen LogP contribution in [0, 0.1) is 5.92 Å². The second-order valence-electron chi connectivity index (χ2n) is 7.76. The van der Waals surface area contributed by atoms with Crippen molar-refractivity contribution in [2.45, 2.75) is 50.0 Å². The minimum atomic E-state index is 0. The Morgan fingerprint density at radius 1 is 0.960 bits per heavy atom. The van der Waals surface area contributed by atoms with Gasteiger partial charge >= 0.3 is 0 Å². The van der Waals surface area contributed by atoms with Gasteiger partial charge in [0.2, 0.25) is 0 Å². The lowest BCUT2D eigenvalue weighted by Gasteiger charge is -2.56. The van der Waals surface area contributed by atoms with Gasteiger partial charge in [-0.15, -0.1) is 12.4 Å². The predicted octanol–water partition coefficient (Wildman–Crippen LogP) is 5.25. The summed E-state index contributed by atoms with van der Waals surface area (Å²) >= 11 is 0. The Kier molecular flexibility index (Phi) is 4.51. The van der Waals surface area contributed by atoms with Gasteiger partial charge in [0.25, 0.3) is 0 Å². The highest BCUT2D eigenvalue weighted by Gasteiger charge is 2.51. The summed E-state index contributed by atoms with van der Waals surface area (Å²) in [4.78, 5) is 0. The highest BCUT2D eigenvalue weighted by Crippen LogP contribution is 2.54. The number of benzene rings is 2. The van der Waals surface area contributed by atoms with Gasteiger partial charge in [-0.3, -0.25) is 0 Å². The highest BCUT2D eigenvalue weighted by atomic mass is 35.5. The number of rotatable bonds is 2. The maximum absolute atomic E-state index is 6.14. The molecule has 0 amide bonds. The van der Waals surface area contributed by atoms with Crippen molar-refractivity contribution < 1.29 is 4.74 Å². The Morgan fingerprint density at radius 3 is 2.72 bits per heavy atom. The van der Waals surface area contributed by atoms with E-state index in [0.29, 0.717) is 11.5 Å². The van der Waals surface area contributed by atoms with E-state index in [1.807, 2.05) is 30.3 Å². The maximum atomic E-state index is 6.14. The van der Waals surface area contributed by atoms with Crippen molar-refractivity contribution in [3.05, 3.63) is 59.7 Å². The molecule has 2 bridgehead atoms. The Bertz CT molecular complexity index is 743. The lowest BCUT2D eigenvalue weighted by molar-refractivity contribution is 0.0796. The molecule has 0 spiro atoms. The summed E-state index contributed by atoms with van der Waals surface area (Å²) < 4.78 is 6.14. The van der Waals surface area contributed by atoms with Crippen LogP contribution in [0.15, 0.2) is 48.5 Å². The summed E-state index contributed by atoms with van der Waals surface area (Å²) in [5.41, 5.74) is 3.54. The van der Waals surface area contributed by atoms with Crippen molar-refractivity contribution in [1.29, 1.82) is 0 Å². The van der Waals surface area contributed by atoms with Crippen LogP contribution in [-0.2, 0) is 11.8 Å².